The fourth-order valence-electron chi connectivity index (χ4n) is 2.34. The maximum atomic E-state index is 12.0. The Kier molecular flexibility index (Phi) is 8.19. The Morgan fingerprint density at radius 3 is 2.35 bits per heavy atom. The number of nitrogens with one attached hydrogen (secondary N) is 1. The van der Waals surface area contributed by atoms with E-state index >= 15 is 0 Å². The molecule has 2 aromatic rings. The van der Waals surface area contributed by atoms with Gasteiger partial charge in [0.1, 0.15) is 11.5 Å². The summed E-state index contributed by atoms with van der Waals surface area (Å²) in [6.45, 7) is 2.94. The predicted octanol–water partition coefficient (Wildman–Crippen LogP) is 4.42. The van der Waals surface area contributed by atoms with Gasteiger partial charge in [0, 0.05) is 5.56 Å². The minimum absolute atomic E-state index is 0.268. The highest BCUT2D eigenvalue weighted by Gasteiger charge is 2.03. The van der Waals surface area contributed by atoms with Gasteiger partial charge in [-0.05, 0) is 60.5 Å². The monoisotopic (exact) mass is 354 g/mol. The van der Waals surface area contributed by atoms with E-state index in [0.717, 1.165) is 24.3 Å². The molecule has 5 heteroatoms. The van der Waals surface area contributed by atoms with Crippen LogP contribution < -0.4 is 14.9 Å². The number of nitrogens with zero attached hydrogens (tertiary/aromatic N) is 1. The quantitative estimate of drug-likeness (QED) is 0.390. The number of hydrogen-bond donors (Lipinski definition) is 1. The third kappa shape index (κ3) is 6.59. The van der Waals surface area contributed by atoms with Crippen LogP contribution in [0, 0.1) is 0 Å². The minimum Gasteiger partial charge on any atom is -0.497 e. The fourth-order valence-corrected chi connectivity index (χ4v) is 2.34. The first-order valence-corrected chi connectivity index (χ1v) is 8.93. The molecule has 0 aliphatic carbocycles. The first-order valence-electron chi connectivity index (χ1n) is 8.93. The SMILES string of the molecule is CCCCCCOc1ccc(C=NNC(=O)c2ccc(OC)cc2)cc1. The molecule has 2 rings (SSSR count). The molecule has 0 heterocycles. The average Bonchev–Trinajstić information content (AvgIpc) is 2.69. The Labute approximate surface area is 155 Å². The second-order valence-corrected chi connectivity index (χ2v) is 5.91. The van der Waals surface area contributed by atoms with E-state index in [2.05, 4.69) is 17.5 Å². The number of rotatable bonds is 10. The lowest BCUT2D eigenvalue weighted by Gasteiger charge is -2.06. The van der Waals surface area contributed by atoms with Crippen molar-refractivity contribution in [1.29, 1.82) is 0 Å². The van der Waals surface area contributed by atoms with Crippen molar-refractivity contribution >= 4 is 12.1 Å². The van der Waals surface area contributed by atoms with Crippen LogP contribution in [-0.2, 0) is 0 Å². The van der Waals surface area contributed by atoms with Gasteiger partial charge in [0.05, 0.1) is 19.9 Å². The highest BCUT2D eigenvalue weighted by atomic mass is 16.5. The van der Waals surface area contributed by atoms with Crippen LogP contribution in [0.4, 0.5) is 0 Å². The first kappa shape index (κ1) is 19.5. The summed E-state index contributed by atoms with van der Waals surface area (Å²) >= 11 is 0. The number of carbonyl (C=O) groups is 1. The number of ether oxygens (including phenoxy) is 2. The van der Waals surface area contributed by atoms with Gasteiger partial charge < -0.3 is 9.47 Å². The van der Waals surface area contributed by atoms with Gasteiger partial charge in [0.2, 0.25) is 0 Å². The van der Waals surface area contributed by atoms with Crippen molar-refractivity contribution in [3.05, 3.63) is 59.7 Å². The van der Waals surface area contributed by atoms with Gasteiger partial charge in [-0.3, -0.25) is 4.79 Å². The van der Waals surface area contributed by atoms with Crippen LogP contribution in [0.5, 0.6) is 11.5 Å². The lowest BCUT2D eigenvalue weighted by atomic mass is 10.2. The molecule has 1 N–H and O–H groups in total. The van der Waals surface area contributed by atoms with Gasteiger partial charge in [-0.1, -0.05) is 26.2 Å². The molecule has 2 aromatic carbocycles. The Morgan fingerprint density at radius 2 is 1.69 bits per heavy atom. The van der Waals surface area contributed by atoms with E-state index in [0.29, 0.717) is 11.3 Å². The number of unbranched alkanes of at least 4 members (excludes halogenated alkanes) is 3. The molecule has 1 amide bonds. The van der Waals surface area contributed by atoms with Gasteiger partial charge in [0.25, 0.3) is 5.91 Å². The van der Waals surface area contributed by atoms with Crippen LogP contribution in [0.25, 0.3) is 0 Å². The van der Waals surface area contributed by atoms with E-state index in [4.69, 9.17) is 9.47 Å². The maximum Gasteiger partial charge on any atom is 0.271 e. The summed E-state index contributed by atoms with van der Waals surface area (Å²) in [5.74, 6) is 1.29. The normalized spacial score (nSPS) is 10.7. The van der Waals surface area contributed by atoms with Crippen LogP contribution in [0.1, 0.15) is 48.5 Å². The third-order valence-electron chi connectivity index (χ3n) is 3.88. The largest absolute Gasteiger partial charge is 0.497 e. The van der Waals surface area contributed by atoms with Crippen molar-refractivity contribution in [3.63, 3.8) is 0 Å². The molecule has 0 saturated carbocycles. The first-order chi connectivity index (χ1) is 12.7. The number of benzene rings is 2. The fraction of sp³-hybridized carbons (Fsp3) is 0.333. The molecule has 0 spiro atoms. The van der Waals surface area contributed by atoms with E-state index in [9.17, 15) is 4.79 Å². The van der Waals surface area contributed by atoms with Crippen molar-refractivity contribution in [2.24, 2.45) is 5.10 Å². The number of hydrogen-bond acceptors (Lipinski definition) is 4. The smallest absolute Gasteiger partial charge is 0.271 e. The van der Waals surface area contributed by atoms with Gasteiger partial charge in [-0.25, -0.2) is 5.43 Å². The highest BCUT2D eigenvalue weighted by Crippen LogP contribution is 2.13. The van der Waals surface area contributed by atoms with Crippen molar-refractivity contribution in [2.75, 3.05) is 13.7 Å². The molecular weight excluding hydrogens is 328 g/mol. The molecule has 0 aliphatic rings. The van der Waals surface area contributed by atoms with Crippen LogP contribution >= 0.6 is 0 Å². The van der Waals surface area contributed by atoms with E-state index in [1.807, 2.05) is 24.3 Å². The van der Waals surface area contributed by atoms with E-state index < -0.39 is 0 Å². The van der Waals surface area contributed by atoms with Gasteiger partial charge in [-0.2, -0.15) is 5.10 Å². The average molecular weight is 354 g/mol. The molecule has 0 unspecified atom stereocenters. The lowest BCUT2D eigenvalue weighted by molar-refractivity contribution is 0.0955. The van der Waals surface area contributed by atoms with Gasteiger partial charge in [-0.15, -0.1) is 0 Å². The maximum absolute atomic E-state index is 12.0. The van der Waals surface area contributed by atoms with E-state index in [1.54, 1.807) is 37.6 Å². The van der Waals surface area contributed by atoms with Crippen molar-refractivity contribution < 1.29 is 14.3 Å². The number of hydrazone groups is 1. The standard InChI is InChI=1S/C21H26N2O3/c1-3-4-5-6-15-26-20-11-7-17(8-12-20)16-22-23-21(24)18-9-13-19(25-2)14-10-18/h7-14,16H,3-6,15H2,1-2H3,(H,23,24). The number of methoxy groups -OCH3 is 1. The topological polar surface area (TPSA) is 59.9 Å². The number of carbonyl (C=O) groups excluding carboxylic acids is 1. The van der Waals surface area contributed by atoms with Crippen LogP contribution in [0.2, 0.25) is 0 Å². The molecule has 5 nitrogen and oxygen atoms in total. The Morgan fingerprint density at radius 1 is 1.00 bits per heavy atom. The Hall–Kier alpha value is -2.82. The summed E-state index contributed by atoms with van der Waals surface area (Å²) < 4.78 is 10.8. The summed E-state index contributed by atoms with van der Waals surface area (Å²) in [7, 11) is 1.59. The van der Waals surface area contributed by atoms with Crippen LogP contribution in [0.3, 0.4) is 0 Å². The zero-order chi connectivity index (χ0) is 18.6. The zero-order valence-electron chi connectivity index (χ0n) is 15.4. The zero-order valence-corrected chi connectivity index (χ0v) is 15.4. The Balaban J connectivity index is 1.77. The molecule has 0 aromatic heterocycles. The highest BCUT2D eigenvalue weighted by molar-refractivity contribution is 5.95. The van der Waals surface area contributed by atoms with Crippen LogP contribution in [0.15, 0.2) is 53.6 Å². The summed E-state index contributed by atoms with van der Waals surface area (Å²) in [6, 6.07) is 14.5. The minimum atomic E-state index is -0.268. The summed E-state index contributed by atoms with van der Waals surface area (Å²) in [4.78, 5) is 12.0. The molecule has 0 bridgehead atoms. The van der Waals surface area contributed by atoms with E-state index in [-0.39, 0.29) is 5.91 Å². The van der Waals surface area contributed by atoms with Crippen molar-refractivity contribution in [1.82, 2.24) is 5.43 Å². The second kappa shape index (κ2) is 10.9. The molecule has 0 atom stereocenters. The van der Waals surface area contributed by atoms with E-state index in [1.165, 1.54) is 19.3 Å². The van der Waals surface area contributed by atoms with Crippen LogP contribution in [-0.4, -0.2) is 25.8 Å². The van der Waals surface area contributed by atoms with Crippen molar-refractivity contribution in [2.45, 2.75) is 32.6 Å². The van der Waals surface area contributed by atoms with Gasteiger partial charge >= 0.3 is 0 Å². The molecule has 0 radical (unpaired) electrons. The molecule has 138 valence electrons. The molecule has 0 fully saturated rings. The molecule has 0 saturated heterocycles. The van der Waals surface area contributed by atoms with Gasteiger partial charge in [0.15, 0.2) is 0 Å². The number of amides is 1. The second-order valence-electron chi connectivity index (χ2n) is 5.91. The lowest BCUT2D eigenvalue weighted by Crippen LogP contribution is -2.17. The summed E-state index contributed by atoms with van der Waals surface area (Å²) in [5.41, 5.74) is 3.92. The Bertz CT molecular complexity index is 694. The molecule has 0 aliphatic heterocycles. The predicted molar refractivity (Wildman–Crippen MR) is 104 cm³/mol. The molecular formula is C21H26N2O3. The van der Waals surface area contributed by atoms with Crippen molar-refractivity contribution in [3.8, 4) is 11.5 Å². The molecule has 26 heavy (non-hydrogen) atoms. The summed E-state index contributed by atoms with van der Waals surface area (Å²) in [6.07, 6.45) is 6.36. The third-order valence-corrected chi connectivity index (χ3v) is 3.88. The summed E-state index contributed by atoms with van der Waals surface area (Å²) in [5, 5.41) is 3.99.